The van der Waals surface area contributed by atoms with E-state index >= 15 is 0 Å². The van der Waals surface area contributed by atoms with Crippen molar-refractivity contribution in [2.24, 2.45) is 0 Å². The summed E-state index contributed by atoms with van der Waals surface area (Å²) in [4.78, 5) is 23.2. The van der Waals surface area contributed by atoms with E-state index in [0.29, 0.717) is 17.7 Å². The first kappa shape index (κ1) is 13.0. The molecular weight excluding hydrogens is 220 g/mol. The van der Waals surface area contributed by atoms with Crippen LogP contribution in [0.2, 0.25) is 0 Å². The predicted molar refractivity (Wildman–Crippen MR) is 64.4 cm³/mol. The van der Waals surface area contributed by atoms with Crippen LogP contribution < -0.4 is 11.1 Å². The van der Waals surface area contributed by atoms with Crippen molar-refractivity contribution < 1.29 is 14.3 Å². The highest BCUT2D eigenvalue weighted by molar-refractivity contribution is 6.00. The van der Waals surface area contributed by atoms with E-state index in [4.69, 9.17) is 5.73 Å². The van der Waals surface area contributed by atoms with Crippen molar-refractivity contribution >= 4 is 17.6 Å². The van der Waals surface area contributed by atoms with Crippen molar-refractivity contribution in [2.75, 3.05) is 12.8 Å². The lowest BCUT2D eigenvalue weighted by Gasteiger charge is -2.15. The van der Waals surface area contributed by atoms with Crippen molar-refractivity contribution in [1.29, 1.82) is 0 Å². The van der Waals surface area contributed by atoms with Gasteiger partial charge >= 0.3 is 5.97 Å². The van der Waals surface area contributed by atoms with Crippen LogP contribution in [-0.4, -0.2) is 25.0 Å². The summed E-state index contributed by atoms with van der Waals surface area (Å²) in [6.45, 7) is 1.79. The number of hydrogen-bond donors (Lipinski definition) is 2. The molecule has 0 aliphatic heterocycles. The maximum atomic E-state index is 11.9. The standard InChI is InChI=1S/C12H16N2O3/c1-3-10(12(16)17-2)14-11(15)8-6-4-5-7-9(8)13/h4-7,10H,3,13H2,1-2H3,(H,14,15). The second-order valence-corrected chi connectivity index (χ2v) is 3.54. The van der Waals surface area contributed by atoms with E-state index in [1.54, 1.807) is 31.2 Å². The molecule has 0 saturated heterocycles. The zero-order valence-corrected chi connectivity index (χ0v) is 9.90. The number of benzene rings is 1. The van der Waals surface area contributed by atoms with Gasteiger partial charge in [0.2, 0.25) is 0 Å². The summed E-state index contributed by atoms with van der Waals surface area (Å²) in [6, 6.07) is 6.05. The summed E-state index contributed by atoms with van der Waals surface area (Å²) in [5, 5.41) is 2.58. The van der Waals surface area contributed by atoms with Crippen molar-refractivity contribution in [2.45, 2.75) is 19.4 Å². The van der Waals surface area contributed by atoms with E-state index in [1.165, 1.54) is 7.11 Å². The molecule has 1 amide bonds. The minimum atomic E-state index is -0.646. The Morgan fingerprint density at radius 1 is 1.41 bits per heavy atom. The fraction of sp³-hybridized carbons (Fsp3) is 0.333. The lowest BCUT2D eigenvalue weighted by atomic mass is 10.1. The van der Waals surface area contributed by atoms with E-state index in [9.17, 15) is 9.59 Å². The van der Waals surface area contributed by atoms with Crippen LogP contribution in [-0.2, 0) is 9.53 Å². The molecule has 1 aromatic carbocycles. The molecule has 0 heterocycles. The van der Waals surface area contributed by atoms with Gasteiger partial charge in [-0.2, -0.15) is 0 Å². The maximum absolute atomic E-state index is 11.9. The average Bonchev–Trinajstić information content (AvgIpc) is 2.35. The lowest BCUT2D eigenvalue weighted by Crippen LogP contribution is -2.41. The number of rotatable bonds is 4. The Morgan fingerprint density at radius 3 is 2.59 bits per heavy atom. The van der Waals surface area contributed by atoms with Crippen LogP contribution in [0.1, 0.15) is 23.7 Å². The Hall–Kier alpha value is -2.04. The normalized spacial score (nSPS) is 11.6. The molecule has 0 aliphatic rings. The van der Waals surface area contributed by atoms with Gasteiger partial charge in [0.05, 0.1) is 12.7 Å². The van der Waals surface area contributed by atoms with Gasteiger partial charge in [-0.15, -0.1) is 0 Å². The third kappa shape index (κ3) is 3.21. The van der Waals surface area contributed by atoms with Crippen molar-refractivity contribution in [3.05, 3.63) is 29.8 Å². The van der Waals surface area contributed by atoms with Crippen LogP contribution in [0.5, 0.6) is 0 Å². The third-order valence-corrected chi connectivity index (χ3v) is 2.40. The van der Waals surface area contributed by atoms with Crippen molar-refractivity contribution in [3.8, 4) is 0 Å². The maximum Gasteiger partial charge on any atom is 0.328 e. The number of carbonyl (C=O) groups excluding carboxylic acids is 2. The smallest absolute Gasteiger partial charge is 0.328 e. The van der Waals surface area contributed by atoms with E-state index in [2.05, 4.69) is 10.1 Å². The molecule has 1 aromatic rings. The first-order valence-corrected chi connectivity index (χ1v) is 5.33. The molecule has 1 atom stereocenters. The highest BCUT2D eigenvalue weighted by Gasteiger charge is 2.20. The molecule has 5 heteroatoms. The Kier molecular flexibility index (Phi) is 4.51. The Balaban J connectivity index is 2.78. The fourth-order valence-corrected chi connectivity index (χ4v) is 1.41. The number of amides is 1. The molecule has 0 bridgehead atoms. The van der Waals surface area contributed by atoms with Crippen LogP contribution in [0, 0.1) is 0 Å². The molecule has 0 fully saturated rings. The minimum Gasteiger partial charge on any atom is -0.467 e. The summed E-state index contributed by atoms with van der Waals surface area (Å²) in [5.74, 6) is -0.837. The summed E-state index contributed by atoms with van der Waals surface area (Å²) in [6.07, 6.45) is 0.463. The molecule has 0 radical (unpaired) electrons. The van der Waals surface area contributed by atoms with E-state index < -0.39 is 12.0 Å². The van der Waals surface area contributed by atoms with Crippen molar-refractivity contribution in [1.82, 2.24) is 5.32 Å². The third-order valence-electron chi connectivity index (χ3n) is 2.40. The predicted octanol–water partition coefficient (Wildman–Crippen LogP) is 0.950. The monoisotopic (exact) mass is 236 g/mol. The number of para-hydroxylation sites is 1. The molecular formula is C12H16N2O3. The summed E-state index contributed by atoms with van der Waals surface area (Å²) < 4.78 is 4.59. The molecule has 0 aromatic heterocycles. The van der Waals surface area contributed by atoms with Crippen LogP contribution in [0.25, 0.3) is 0 Å². The van der Waals surface area contributed by atoms with Gasteiger partial charge in [-0.3, -0.25) is 4.79 Å². The SMILES string of the molecule is CCC(NC(=O)c1ccccc1N)C(=O)OC. The second kappa shape index (κ2) is 5.89. The van der Waals surface area contributed by atoms with Crippen LogP contribution >= 0.6 is 0 Å². The number of anilines is 1. The highest BCUT2D eigenvalue weighted by atomic mass is 16.5. The molecule has 17 heavy (non-hydrogen) atoms. The van der Waals surface area contributed by atoms with Gasteiger partial charge < -0.3 is 15.8 Å². The van der Waals surface area contributed by atoms with Crippen LogP contribution in [0.3, 0.4) is 0 Å². The minimum absolute atomic E-state index is 0.356. The van der Waals surface area contributed by atoms with Gasteiger partial charge in [0, 0.05) is 5.69 Å². The Bertz CT molecular complexity index is 418. The van der Waals surface area contributed by atoms with Crippen molar-refractivity contribution in [3.63, 3.8) is 0 Å². The number of methoxy groups -OCH3 is 1. The Labute approximate surface area is 99.9 Å². The molecule has 92 valence electrons. The molecule has 3 N–H and O–H groups in total. The van der Waals surface area contributed by atoms with Gasteiger partial charge in [0.1, 0.15) is 6.04 Å². The zero-order chi connectivity index (χ0) is 12.8. The number of esters is 1. The van der Waals surface area contributed by atoms with Gasteiger partial charge in [-0.05, 0) is 18.6 Å². The first-order chi connectivity index (χ1) is 8.10. The molecule has 0 spiro atoms. The number of nitrogens with one attached hydrogen (secondary N) is 1. The summed E-state index contributed by atoms with van der Waals surface area (Å²) >= 11 is 0. The molecule has 0 saturated carbocycles. The number of carbonyl (C=O) groups is 2. The number of hydrogen-bond acceptors (Lipinski definition) is 4. The van der Waals surface area contributed by atoms with Gasteiger partial charge in [0.25, 0.3) is 5.91 Å². The van der Waals surface area contributed by atoms with E-state index in [-0.39, 0.29) is 5.91 Å². The van der Waals surface area contributed by atoms with Gasteiger partial charge in [-0.1, -0.05) is 19.1 Å². The summed E-state index contributed by atoms with van der Waals surface area (Å²) in [5.41, 5.74) is 6.41. The Morgan fingerprint density at radius 2 is 2.06 bits per heavy atom. The van der Waals surface area contributed by atoms with E-state index in [0.717, 1.165) is 0 Å². The second-order valence-electron chi connectivity index (χ2n) is 3.54. The topological polar surface area (TPSA) is 81.4 Å². The average molecular weight is 236 g/mol. The number of nitrogen functional groups attached to an aromatic ring is 1. The summed E-state index contributed by atoms with van der Waals surface area (Å²) in [7, 11) is 1.29. The molecule has 5 nitrogen and oxygen atoms in total. The molecule has 1 rings (SSSR count). The largest absolute Gasteiger partial charge is 0.467 e. The first-order valence-electron chi connectivity index (χ1n) is 5.33. The quantitative estimate of drug-likeness (QED) is 0.602. The molecule has 0 aliphatic carbocycles. The zero-order valence-electron chi connectivity index (χ0n) is 9.90. The number of nitrogens with two attached hydrogens (primary N) is 1. The highest BCUT2D eigenvalue weighted by Crippen LogP contribution is 2.10. The fourth-order valence-electron chi connectivity index (χ4n) is 1.41. The molecule has 1 unspecified atom stereocenters. The number of ether oxygens (including phenoxy) is 1. The van der Waals surface area contributed by atoms with Gasteiger partial charge in [0.15, 0.2) is 0 Å². The van der Waals surface area contributed by atoms with E-state index in [1.807, 2.05) is 0 Å². The van der Waals surface area contributed by atoms with Crippen LogP contribution in [0.15, 0.2) is 24.3 Å². The lowest BCUT2D eigenvalue weighted by molar-refractivity contribution is -0.142. The van der Waals surface area contributed by atoms with Gasteiger partial charge in [-0.25, -0.2) is 4.79 Å². The van der Waals surface area contributed by atoms with Crippen LogP contribution in [0.4, 0.5) is 5.69 Å².